The van der Waals surface area contributed by atoms with Crippen LogP contribution in [0.1, 0.15) is 29.5 Å². The molecule has 0 radical (unpaired) electrons. The maximum absolute atomic E-state index is 13.4. The average molecular weight is 401 g/mol. The summed E-state index contributed by atoms with van der Waals surface area (Å²) in [6.45, 7) is 0.987. The average Bonchev–Trinajstić information content (AvgIpc) is 3.28. The Kier molecular flexibility index (Phi) is 5.14. The second kappa shape index (κ2) is 8.23. The lowest BCUT2D eigenvalue weighted by Gasteiger charge is -2.37. The standard InChI is InChI=1S/C26H24FNO2/c27-19-11-9-18(10-12-19)26-23-8-4-7-22(23)24-17-21(13-14-25(24)28-26)30-16-15-29-20-5-2-1-3-6-20/h1-7,9-14,17,22-23,26,28H,8,15-16H2. The van der Waals surface area contributed by atoms with E-state index < -0.39 is 0 Å². The summed E-state index contributed by atoms with van der Waals surface area (Å²) in [5.74, 6) is 2.25. The van der Waals surface area contributed by atoms with Gasteiger partial charge in [-0.05, 0) is 65.9 Å². The third-order valence-electron chi connectivity index (χ3n) is 5.93. The normalized spacial score (nSPS) is 21.4. The fourth-order valence-corrected chi connectivity index (χ4v) is 4.50. The Morgan fingerprint density at radius 1 is 0.867 bits per heavy atom. The van der Waals surface area contributed by atoms with Gasteiger partial charge in [0.05, 0.1) is 6.04 Å². The second-order valence-electron chi connectivity index (χ2n) is 7.79. The van der Waals surface area contributed by atoms with Crippen LogP contribution >= 0.6 is 0 Å². The zero-order valence-corrected chi connectivity index (χ0v) is 16.6. The van der Waals surface area contributed by atoms with E-state index in [0.29, 0.717) is 25.0 Å². The smallest absolute Gasteiger partial charge is 0.123 e. The zero-order valence-electron chi connectivity index (χ0n) is 16.6. The summed E-state index contributed by atoms with van der Waals surface area (Å²) in [5.41, 5.74) is 3.50. The highest BCUT2D eigenvalue weighted by molar-refractivity contribution is 5.61. The Morgan fingerprint density at radius 2 is 1.63 bits per heavy atom. The highest BCUT2D eigenvalue weighted by atomic mass is 19.1. The highest BCUT2D eigenvalue weighted by Crippen LogP contribution is 2.50. The van der Waals surface area contributed by atoms with Crippen molar-refractivity contribution in [2.45, 2.75) is 18.4 Å². The number of nitrogens with one attached hydrogen (secondary N) is 1. The number of allylic oxidation sites excluding steroid dienone is 2. The quantitative estimate of drug-likeness (QED) is 0.399. The van der Waals surface area contributed by atoms with Gasteiger partial charge in [-0.15, -0.1) is 0 Å². The maximum atomic E-state index is 13.4. The van der Waals surface area contributed by atoms with Crippen molar-refractivity contribution in [2.75, 3.05) is 18.5 Å². The molecule has 152 valence electrons. The topological polar surface area (TPSA) is 30.5 Å². The summed E-state index contributed by atoms with van der Waals surface area (Å²) in [6.07, 6.45) is 5.56. The van der Waals surface area contributed by atoms with Gasteiger partial charge >= 0.3 is 0 Å². The predicted molar refractivity (Wildman–Crippen MR) is 117 cm³/mol. The lowest BCUT2D eigenvalue weighted by atomic mass is 9.77. The van der Waals surface area contributed by atoms with Gasteiger partial charge in [-0.3, -0.25) is 0 Å². The van der Waals surface area contributed by atoms with Gasteiger partial charge in [0, 0.05) is 11.6 Å². The molecule has 1 aliphatic carbocycles. The molecule has 1 N–H and O–H groups in total. The van der Waals surface area contributed by atoms with Gasteiger partial charge in [-0.25, -0.2) is 4.39 Å². The molecule has 2 aliphatic rings. The third-order valence-corrected chi connectivity index (χ3v) is 5.93. The number of ether oxygens (including phenoxy) is 2. The molecule has 3 aromatic carbocycles. The molecule has 1 heterocycles. The maximum Gasteiger partial charge on any atom is 0.123 e. The Morgan fingerprint density at radius 3 is 2.43 bits per heavy atom. The van der Waals surface area contributed by atoms with Crippen LogP contribution in [-0.2, 0) is 0 Å². The number of fused-ring (bicyclic) bond motifs is 3. The summed E-state index contributed by atoms with van der Waals surface area (Å²) in [4.78, 5) is 0. The van der Waals surface area contributed by atoms with E-state index in [-0.39, 0.29) is 11.9 Å². The molecule has 3 atom stereocenters. The molecule has 3 unspecified atom stereocenters. The van der Waals surface area contributed by atoms with Gasteiger partial charge in [0.15, 0.2) is 0 Å². The van der Waals surface area contributed by atoms with Crippen LogP contribution in [0.5, 0.6) is 11.5 Å². The van der Waals surface area contributed by atoms with E-state index in [2.05, 4.69) is 29.6 Å². The van der Waals surface area contributed by atoms with Crippen molar-refractivity contribution in [1.82, 2.24) is 0 Å². The second-order valence-corrected chi connectivity index (χ2v) is 7.79. The molecule has 0 spiro atoms. The summed E-state index contributed by atoms with van der Waals surface area (Å²) in [6, 6.07) is 23.0. The van der Waals surface area contributed by atoms with E-state index in [1.807, 2.05) is 48.5 Å². The van der Waals surface area contributed by atoms with Gasteiger partial charge < -0.3 is 14.8 Å². The highest BCUT2D eigenvalue weighted by Gasteiger charge is 2.38. The first kappa shape index (κ1) is 18.7. The van der Waals surface area contributed by atoms with E-state index in [1.54, 1.807) is 12.1 Å². The Labute approximate surface area is 176 Å². The summed E-state index contributed by atoms with van der Waals surface area (Å²) >= 11 is 0. The molecule has 3 aromatic rings. The molecular formula is C26H24FNO2. The minimum absolute atomic E-state index is 0.171. The van der Waals surface area contributed by atoms with Gasteiger partial charge in [0.2, 0.25) is 0 Å². The third kappa shape index (κ3) is 3.78. The van der Waals surface area contributed by atoms with Gasteiger partial charge in [-0.1, -0.05) is 42.5 Å². The molecule has 0 aromatic heterocycles. The molecule has 0 bridgehead atoms. The van der Waals surface area contributed by atoms with E-state index in [4.69, 9.17) is 9.47 Å². The minimum atomic E-state index is -0.200. The van der Waals surface area contributed by atoms with Crippen LogP contribution in [0.25, 0.3) is 0 Å². The lowest BCUT2D eigenvalue weighted by molar-refractivity contribution is 0.217. The van der Waals surface area contributed by atoms with Crippen LogP contribution < -0.4 is 14.8 Å². The van der Waals surface area contributed by atoms with Crippen molar-refractivity contribution in [2.24, 2.45) is 5.92 Å². The molecule has 4 heteroatoms. The predicted octanol–water partition coefficient (Wildman–Crippen LogP) is 6.11. The molecule has 0 amide bonds. The van der Waals surface area contributed by atoms with Gasteiger partial charge in [0.25, 0.3) is 0 Å². The molecule has 3 nitrogen and oxygen atoms in total. The van der Waals surface area contributed by atoms with Crippen molar-refractivity contribution in [3.8, 4) is 11.5 Å². The largest absolute Gasteiger partial charge is 0.490 e. The fourth-order valence-electron chi connectivity index (χ4n) is 4.50. The van der Waals surface area contributed by atoms with E-state index >= 15 is 0 Å². The zero-order chi connectivity index (χ0) is 20.3. The Balaban J connectivity index is 1.29. The van der Waals surface area contributed by atoms with Crippen molar-refractivity contribution < 1.29 is 13.9 Å². The minimum Gasteiger partial charge on any atom is -0.490 e. The number of halogens is 1. The van der Waals surface area contributed by atoms with Crippen molar-refractivity contribution >= 4 is 5.69 Å². The van der Waals surface area contributed by atoms with Crippen molar-refractivity contribution in [1.29, 1.82) is 0 Å². The van der Waals surface area contributed by atoms with Crippen LogP contribution in [0.3, 0.4) is 0 Å². The molecule has 30 heavy (non-hydrogen) atoms. The number of rotatable bonds is 6. The fraction of sp³-hybridized carbons (Fsp3) is 0.231. The molecule has 5 rings (SSSR count). The number of benzene rings is 3. The monoisotopic (exact) mass is 401 g/mol. The molecular weight excluding hydrogens is 377 g/mol. The summed E-state index contributed by atoms with van der Waals surface area (Å²) < 4.78 is 25.0. The van der Waals surface area contributed by atoms with E-state index in [0.717, 1.165) is 29.2 Å². The first-order valence-electron chi connectivity index (χ1n) is 10.4. The number of para-hydroxylation sites is 1. The molecule has 0 saturated heterocycles. The first-order chi connectivity index (χ1) is 14.8. The van der Waals surface area contributed by atoms with Crippen LogP contribution in [0.2, 0.25) is 0 Å². The first-order valence-corrected chi connectivity index (χ1v) is 10.4. The molecule has 0 saturated carbocycles. The Bertz CT molecular complexity index is 1030. The lowest BCUT2D eigenvalue weighted by Crippen LogP contribution is -2.29. The summed E-state index contributed by atoms with van der Waals surface area (Å²) in [7, 11) is 0. The van der Waals surface area contributed by atoms with Gasteiger partial charge in [-0.2, -0.15) is 0 Å². The van der Waals surface area contributed by atoms with Crippen molar-refractivity contribution in [3.63, 3.8) is 0 Å². The Hall–Kier alpha value is -3.27. The van der Waals surface area contributed by atoms with Crippen LogP contribution in [0.4, 0.5) is 10.1 Å². The van der Waals surface area contributed by atoms with Gasteiger partial charge in [0.1, 0.15) is 30.5 Å². The van der Waals surface area contributed by atoms with Crippen molar-refractivity contribution in [3.05, 3.63) is 102 Å². The molecule has 1 aliphatic heterocycles. The number of hydrogen-bond acceptors (Lipinski definition) is 3. The van der Waals surface area contributed by atoms with Crippen LogP contribution in [0.15, 0.2) is 84.9 Å². The van der Waals surface area contributed by atoms with E-state index in [9.17, 15) is 4.39 Å². The van der Waals surface area contributed by atoms with Crippen LogP contribution in [0, 0.1) is 11.7 Å². The number of anilines is 1. The summed E-state index contributed by atoms with van der Waals surface area (Å²) in [5, 5.41) is 3.68. The van der Waals surface area contributed by atoms with Crippen LogP contribution in [-0.4, -0.2) is 13.2 Å². The SMILES string of the molecule is Fc1ccc(C2Nc3ccc(OCCOc4ccccc4)cc3C3C=CCC32)cc1. The molecule has 0 fully saturated rings. The number of hydrogen-bond donors (Lipinski definition) is 1. The van der Waals surface area contributed by atoms with E-state index in [1.165, 1.54) is 5.56 Å².